The SMILES string of the molecule is C[C@@H]1CCCN(C(=S)NCc2ccc3c(c2)OCO3)C1. The highest BCUT2D eigenvalue weighted by molar-refractivity contribution is 7.80. The molecule has 3 rings (SSSR count). The van der Waals surface area contributed by atoms with Crippen molar-refractivity contribution in [3.05, 3.63) is 23.8 Å². The first kappa shape index (κ1) is 13.5. The Labute approximate surface area is 125 Å². The minimum atomic E-state index is 0.316. The minimum Gasteiger partial charge on any atom is -0.454 e. The molecule has 2 heterocycles. The third kappa shape index (κ3) is 2.98. The van der Waals surface area contributed by atoms with Crippen LogP contribution in [0.2, 0.25) is 0 Å². The van der Waals surface area contributed by atoms with E-state index in [-0.39, 0.29) is 0 Å². The van der Waals surface area contributed by atoms with Gasteiger partial charge in [0.25, 0.3) is 0 Å². The summed E-state index contributed by atoms with van der Waals surface area (Å²) < 4.78 is 10.7. The van der Waals surface area contributed by atoms with Crippen LogP contribution in [0.3, 0.4) is 0 Å². The third-order valence-electron chi connectivity index (χ3n) is 3.82. The minimum absolute atomic E-state index is 0.316. The Morgan fingerprint density at radius 3 is 3.10 bits per heavy atom. The summed E-state index contributed by atoms with van der Waals surface area (Å²) in [7, 11) is 0. The Hall–Kier alpha value is -1.49. The molecule has 108 valence electrons. The quantitative estimate of drug-likeness (QED) is 0.847. The number of benzene rings is 1. The molecule has 0 spiro atoms. The van der Waals surface area contributed by atoms with Crippen LogP contribution in [0.4, 0.5) is 0 Å². The van der Waals surface area contributed by atoms with E-state index in [4.69, 9.17) is 21.7 Å². The molecule has 1 aromatic rings. The van der Waals surface area contributed by atoms with Crippen LogP contribution in [0.1, 0.15) is 25.3 Å². The van der Waals surface area contributed by atoms with Crippen molar-refractivity contribution in [3.8, 4) is 11.5 Å². The molecule has 2 aliphatic rings. The van der Waals surface area contributed by atoms with Crippen molar-refractivity contribution in [1.29, 1.82) is 0 Å². The van der Waals surface area contributed by atoms with Crippen LogP contribution in [0.25, 0.3) is 0 Å². The second-order valence-electron chi connectivity index (χ2n) is 5.54. The molecule has 0 unspecified atom stereocenters. The number of piperidine rings is 1. The van der Waals surface area contributed by atoms with Crippen molar-refractivity contribution in [2.45, 2.75) is 26.3 Å². The van der Waals surface area contributed by atoms with Gasteiger partial charge in [0.1, 0.15) is 0 Å². The van der Waals surface area contributed by atoms with Crippen molar-refractivity contribution >= 4 is 17.3 Å². The van der Waals surface area contributed by atoms with Gasteiger partial charge in [0.2, 0.25) is 6.79 Å². The average Bonchev–Trinajstić information content (AvgIpc) is 2.92. The van der Waals surface area contributed by atoms with E-state index >= 15 is 0 Å². The van der Waals surface area contributed by atoms with Crippen LogP contribution in [-0.4, -0.2) is 29.9 Å². The Morgan fingerprint density at radius 2 is 2.25 bits per heavy atom. The predicted octanol–water partition coefficient (Wildman–Crippen LogP) is 2.52. The van der Waals surface area contributed by atoms with Gasteiger partial charge in [-0.25, -0.2) is 0 Å². The zero-order valence-electron chi connectivity index (χ0n) is 11.7. The molecule has 4 nitrogen and oxygen atoms in total. The number of nitrogens with zero attached hydrogens (tertiary/aromatic N) is 1. The number of fused-ring (bicyclic) bond motifs is 1. The van der Waals surface area contributed by atoms with Crippen LogP contribution in [0.15, 0.2) is 18.2 Å². The molecule has 1 N–H and O–H groups in total. The van der Waals surface area contributed by atoms with Gasteiger partial charge in [-0.3, -0.25) is 0 Å². The lowest BCUT2D eigenvalue weighted by molar-refractivity contribution is 0.174. The summed E-state index contributed by atoms with van der Waals surface area (Å²) in [5.74, 6) is 2.37. The Morgan fingerprint density at radius 1 is 1.40 bits per heavy atom. The fourth-order valence-electron chi connectivity index (χ4n) is 2.71. The van der Waals surface area contributed by atoms with Gasteiger partial charge >= 0.3 is 0 Å². The van der Waals surface area contributed by atoms with Crippen LogP contribution in [-0.2, 0) is 6.54 Å². The molecule has 1 atom stereocenters. The lowest BCUT2D eigenvalue weighted by atomic mass is 10.0. The molecular weight excluding hydrogens is 272 g/mol. The number of ether oxygens (including phenoxy) is 2. The van der Waals surface area contributed by atoms with Gasteiger partial charge in [-0.2, -0.15) is 0 Å². The Bertz CT molecular complexity index is 507. The lowest BCUT2D eigenvalue weighted by Gasteiger charge is -2.33. The Balaban J connectivity index is 1.55. The van der Waals surface area contributed by atoms with Crippen molar-refractivity contribution in [2.75, 3.05) is 19.9 Å². The standard InChI is InChI=1S/C15H20N2O2S/c1-11-3-2-6-17(9-11)15(20)16-8-12-4-5-13-14(7-12)19-10-18-13/h4-5,7,11H,2-3,6,8-10H2,1H3,(H,16,20)/t11-/m1/s1. The first-order chi connectivity index (χ1) is 9.72. The molecule has 0 aromatic heterocycles. The van der Waals surface area contributed by atoms with Crippen LogP contribution in [0.5, 0.6) is 11.5 Å². The summed E-state index contributed by atoms with van der Waals surface area (Å²) in [6.07, 6.45) is 2.54. The van der Waals surface area contributed by atoms with Gasteiger partial charge in [-0.05, 0) is 48.7 Å². The highest BCUT2D eigenvalue weighted by Crippen LogP contribution is 2.32. The molecule has 2 aliphatic heterocycles. The molecule has 1 saturated heterocycles. The van der Waals surface area contributed by atoms with Gasteiger partial charge in [0.05, 0.1) is 0 Å². The van der Waals surface area contributed by atoms with E-state index in [1.165, 1.54) is 12.8 Å². The molecule has 0 aliphatic carbocycles. The summed E-state index contributed by atoms with van der Waals surface area (Å²) >= 11 is 5.48. The van der Waals surface area contributed by atoms with Gasteiger partial charge < -0.3 is 19.7 Å². The first-order valence-corrected chi connectivity index (χ1v) is 7.54. The van der Waals surface area contributed by atoms with Crippen molar-refractivity contribution in [2.24, 2.45) is 5.92 Å². The van der Waals surface area contributed by atoms with E-state index < -0.39 is 0 Å². The smallest absolute Gasteiger partial charge is 0.231 e. The molecule has 1 fully saturated rings. The maximum Gasteiger partial charge on any atom is 0.231 e. The summed E-state index contributed by atoms with van der Waals surface area (Å²) in [5, 5.41) is 4.20. The van der Waals surface area contributed by atoms with E-state index in [2.05, 4.69) is 17.1 Å². The monoisotopic (exact) mass is 292 g/mol. The van der Waals surface area contributed by atoms with Crippen LogP contribution in [0, 0.1) is 5.92 Å². The third-order valence-corrected chi connectivity index (χ3v) is 4.23. The lowest BCUT2D eigenvalue weighted by Crippen LogP contribution is -2.44. The van der Waals surface area contributed by atoms with E-state index in [1.54, 1.807) is 0 Å². The van der Waals surface area contributed by atoms with Gasteiger partial charge in [-0.1, -0.05) is 13.0 Å². The van der Waals surface area contributed by atoms with E-state index in [0.717, 1.165) is 47.7 Å². The molecule has 1 aromatic carbocycles. The molecule has 20 heavy (non-hydrogen) atoms. The average molecular weight is 292 g/mol. The number of hydrogen-bond acceptors (Lipinski definition) is 3. The molecule has 5 heteroatoms. The van der Waals surface area contributed by atoms with Crippen LogP contribution < -0.4 is 14.8 Å². The number of hydrogen-bond donors (Lipinski definition) is 1. The van der Waals surface area contributed by atoms with E-state index in [0.29, 0.717) is 6.79 Å². The van der Waals surface area contributed by atoms with E-state index in [9.17, 15) is 0 Å². The molecule has 0 radical (unpaired) electrons. The normalized spacial score (nSPS) is 20.9. The molecular formula is C15H20N2O2S. The highest BCUT2D eigenvalue weighted by Gasteiger charge is 2.18. The molecule has 0 amide bonds. The summed E-state index contributed by atoms with van der Waals surface area (Å²) in [6, 6.07) is 6.00. The van der Waals surface area contributed by atoms with Gasteiger partial charge in [-0.15, -0.1) is 0 Å². The summed E-state index contributed by atoms with van der Waals surface area (Å²) in [5.41, 5.74) is 1.15. The predicted molar refractivity (Wildman–Crippen MR) is 82.0 cm³/mol. The highest BCUT2D eigenvalue weighted by atomic mass is 32.1. The zero-order valence-corrected chi connectivity index (χ0v) is 12.5. The maximum absolute atomic E-state index is 5.48. The van der Waals surface area contributed by atoms with Gasteiger partial charge in [0, 0.05) is 19.6 Å². The fourth-order valence-corrected chi connectivity index (χ4v) is 2.95. The molecule has 0 saturated carbocycles. The number of rotatable bonds is 2. The number of likely N-dealkylation sites (tertiary alicyclic amines) is 1. The maximum atomic E-state index is 5.48. The fraction of sp³-hybridized carbons (Fsp3) is 0.533. The number of nitrogens with one attached hydrogen (secondary N) is 1. The van der Waals surface area contributed by atoms with Gasteiger partial charge in [0.15, 0.2) is 16.6 Å². The molecule has 0 bridgehead atoms. The second-order valence-corrected chi connectivity index (χ2v) is 5.93. The summed E-state index contributed by atoms with van der Waals surface area (Å²) in [4.78, 5) is 2.27. The topological polar surface area (TPSA) is 33.7 Å². The second kappa shape index (κ2) is 5.87. The van der Waals surface area contributed by atoms with Crippen LogP contribution >= 0.6 is 12.2 Å². The van der Waals surface area contributed by atoms with Crippen molar-refractivity contribution in [3.63, 3.8) is 0 Å². The van der Waals surface area contributed by atoms with Crippen molar-refractivity contribution < 1.29 is 9.47 Å². The first-order valence-electron chi connectivity index (χ1n) is 7.13. The largest absolute Gasteiger partial charge is 0.454 e. The van der Waals surface area contributed by atoms with Crippen molar-refractivity contribution in [1.82, 2.24) is 10.2 Å². The Kier molecular flexibility index (Phi) is 3.96. The zero-order chi connectivity index (χ0) is 13.9. The van der Waals surface area contributed by atoms with E-state index in [1.807, 2.05) is 18.2 Å². The summed E-state index contributed by atoms with van der Waals surface area (Å²) in [6.45, 7) is 5.45. The number of thiocarbonyl (C=S) groups is 1.